The maximum Gasteiger partial charge on any atom is 0.138 e. The van der Waals surface area contributed by atoms with Crippen LogP contribution in [0.2, 0.25) is 0 Å². The average molecular weight is 274 g/mol. The van der Waals surface area contributed by atoms with Crippen LogP contribution in [0.5, 0.6) is 0 Å². The van der Waals surface area contributed by atoms with Gasteiger partial charge in [-0.15, -0.1) is 0 Å². The minimum atomic E-state index is 0.360. The molecular weight excluding hydrogens is 256 g/mol. The average Bonchev–Trinajstić information content (AvgIpc) is 2.58. The van der Waals surface area contributed by atoms with E-state index in [0.29, 0.717) is 4.99 Å². The van der Waals surface area contributed by atoms with E-state index in [1.54, 1.807) is 4.68 Å². The Morgan fingerprint density at radius 3 is 2.37 bits per heavy atom. The van der Waals surface area contributed by atoms with E-state index in [0.717, 1.165) is 22.8 Å². The highest BCUT2D eigenvalue weighted by atomic mass is 32.1. The van der Waals surface area contributed by atoms with Gasteiger partial charge < -0.3 is 11.1 Å². The lowest BCUT2D eigenvalue weighted by Gasteiger charge is -2.14. The molecule has 0 atom stereocenters. The molecule has 19 heavy (non-hydrogen) atoms. The molecule has 2 aromatic rings. The van der Waals surface area contributed by atoms with E-state index in [4.69, 9.17) is 18.0 Å². The summed E-state index contributed by atoms with van der Waals surface area (Å²) in [5.41, 5.74) is 10.9. The van der Waals surface area contributed by atoms with Gasteiger partial charge in [0.1, 0.15) is 10.8 Å². The summed E-state index contributed by atoms with van der Waals surface area (Å²) in [6, 6.07) is 6.18. The van der Waals surface area contributed by atoms with Gasteiger partial charge in [0, 0.05) is 12.7 Å². The number of thiocarbonyl (C=S) groups is 1. The van der Waals surface area contributed by atoms with Gasteiger partial charge in [-0.2, -0.15) is 5.10 Å². The molecular formula is C14H18N4S. The number of aromatic nitrogens is 2. The monoisotopic (exact) mass is 274 g/mol. The predicted octanol–water partition coefficient (Wildman–Crippen LogP) is 2.72. The molecule has 0 fully saturated rings. The molecule has 1 aromatic heterocycles. The first-order valence-electron chi connectivity index (χ1n) is 6.08. The third-order valence-electron chi connectivity index (χ3n) is 3.19. The Kier molecular flexibility index (Phi) is 3.57. The van der Waals surface area contributed by atoms with Crippen molar-refractivity contribution in [3.05, 3.63) is 40.6 Å². The van der Waals surface area contributed by atoms with E-state index >= 15 is 0 Å². The Hall–Kier alpha value is -1.88. The first-order chi connectivity index (χ1) is 8.91. The van der Waals surface area contributed by atoms with Crippen LogP contribution < -0.4 is 11.1 Å². The minimum Gasteiger partial charge on any atom is -0.389 e. The number of para-hydroxylation sites is 1. The third kappa shape index (κ3) is 2.46. The topological polar surface area (TPSA) is 55.9 Å². The molecule has 5 heteroatoms. The summed E-state index contributed by atoms with van der Waals surface area (Å²) in [5.74, 6) is 0.836. The van der Waals surface area contributed by atoms with Crippen molar-refractivity contribution in [3.63, 3.8) is 0 Å². The van der Waals surface area contributed by atoms with Crippen molar-refractivity contribution in [2.75, 3.05) is 5.32 Å². The number of benzene rings is 1. The number of nitrogens with one attached hydrogen (secondary N) is 1. The van der Waals surface area contributed by atoms with Gasteiger partial charge in [0.05, 0.1) is 11.3 Å². The number of rotatable bonds is 3. The smallest absolute Gasteiger partial charge is 0.138 e. The predicted molar refractivity (Wildman–Crippen MR) is 83.0 cm³/mol. The molecule has 1 heterocycles. The molecule has 4 nitrogen and oxygen atoms in total. The lowest BCUT2D eigenvalue weighted by molar-refractivity contribution is 0.764. The summed E-state index contributed by atoms with van der Waals surface area (Å²) in [6.07, 6.45) is 0. The van der Waals surface area contributed by atoms with Crippen LogP contribution in [0.15, 0.2) is 18.2 Å². The molecule has 0 unspecified atom stereocenters. The fourth-order valence-electron chi connectivity index (χ4n) is 2.23. The second-order valence-corrected chi connectivity index (χ2v) is 5.13. The van der Waals surface area contributed by atoms with Gasteiger partial charge in [0.15, 0.2) is 0 Å². The molecule has 3 N–H and O–H groups in total. The number of nitrogens with two attached hydrogens (primary N) is 1. The van der Waals surface area contributed by atoms with Crippen LogP contribution in [0.1, 0.15) is 22.4 Å². The zero-order chi connectivity index (χ0) is 14.2. The van der Waals surface area contributed by atoms with Crippen LogP contribution in [-0.4, -0.2) is 14.8 Å². The van der Waals surface area contributed by atoms with E-state index in [-0.39, 0.29) is 0 Å². The molecule has 0 amide bonds. The number of nitrogens with zero attached hydrogens (tertiary/aromatic N) is 2. The van der Waals surface area contributed by atoms with Crippen molar-refractivity contribution in [1.82, 2.24) is 9.78 Å². The Balaban J connectivity index is 2.53. The van der Waals surface area contributed by atoms with Crippen LogP contribution in [0.25, 0.3) is 0 Å². The largest absolute Gasteiger partial charge is 0.389 e. The van der Waals surface area contributed by atoms with Crippen LogP contribution >= 0.6 is 12.2 Å². The number of hydrogen-bond acceptors (Lipinski definition) is 3. The molecule has 0 aliphatic rings. The SMILES string of the molecule is Cc1cccc(C)c1Nc1c(C(N)=S)c(C)nn1C. The van der Waals surface area contributed by atoms with Gasteiger partial charge in [-0.05, 0) is 31.9 Å². The summed E-state index contributed by atoms with van der Waals surface area (Å²) in [5, 5.41) is 7.79. The first kappa shape index (κ1) is 13.5. The molecule has 0 saturated carbocycles. The summed E-state index contributed by atoms with van der Waals surface area (Å²) < 4.78 is 1.77. The van der Waals surface area contributed by atoms with Gasteiger partial charge in [-0.3, -0.25) is 4.68 Å². The minimum absolute atomic E-state index is 0.360. The van der Waals surface area contributed by atoms with Crippen LogP contribution in [-0.2, 0) is 7.05 Å². The van der Waals surface area contributed by atoms with Crippen molar-refractivity contribution in [3.8, 4) is 0 Å². The van der Waals surface area contributed by atoms with Crippen molar-refractivity contribution >= 4 is 28.7 Å². The molecule has 0 radical (unpaired) electrons. The molecule has 0 aliphatic heterocycles. The lowest BCUT2D eigenvalue weighted by atomic mass is 10.1. The fourth-order valence-corrected chi connectivity index (χ4v) is 2.47. The Morgan fingerprint density at radius 1 is 1.26 bits per heavy atom. The fraction of sp³-hybridized carbons (Fsp3) is 0.286. The Morgan fingerprint density at radius 2 is 1.84 bits per heavy atom. The summed E-state index contributed by atoms with van der Waals surface area (Å²) in [6.45, 7) is 6.04. The summed E-state index contributed by atoms with van der Waals surface area (Å²) >= 11 is 5.12. The lowest BCUT2D eigenvalue weighted by Crippen LogP contribution is -2.13. The van der Waals surface area contributed by atoms with Crippen LogP contribution in [0, 0.1) is 20.8 Å². The van der Waals surface area contributed by atoms with E-state index in [1.807, 2.05) is 20.0 Å². The van der Waals surface area contributed by atoms with E-state index in [1.165, 1.54) is 11.1 Å². The second-order valence-electron chi connectivity index (χ2n) is 4.69. The van der Waals surface area contributed by atoms with E-state index < -0.39 is 0 Å². The molecule has 0 saturated heterocycles. The highest BCUT2D eigenvalue weighted by Gasteiger charge is 2.16. The highest BCUT2D eigenvalue weighted by molar-refractivity contribution is 7.80. The van der Waals surface area contributed by atoms with E-state index in [9.17, 15) is 0 Å². The maximum absolute atomic E-state index is 5.80. The molecule has 100 valence electrons. The van der Waals surface area contributed by atoms with E-state index in [2.05, 4.69) is 36.4 Å². The summed E-state index contributed by atoms with van der Waals surface area (Å²) in [7, 11) is 1.88. The second kappa shape index (κ2) is 5.01. The Bertz CT molecular complexity index is 623. The van der Waals surface area contributed by atoms with Crippen LogP contribution in [0.4, 0.5) is 11.5 Å². The van der Waals surface area contributed by atoms with Gasteiger partial charge in [-0.25, -0.2) is 0 Å². The standard InChI is InChI=1S/C14H18N4S/c1-8-6-5-7-9(2)12(8)16-14-11(13(15)19)10(3)17-18(14)4/h5-7,16H,1-4H3,(H2,15,19). The number of hydrogen-bond donors (Lipinski definition) is 2. The van der Waals surface area contributed by atoms with Crippen molar-refractivity contribution in [2.45, 2.75) is 20.8 Å². The van der Waals surface area contributed by atoms with Gasteiger partial charge >= 0.3 is 0 Å². The van der Waals surface area contributed by atoms with Gasteiger partial charge in [-0.1, -0.05) is 30.4 Å². The molecule has 0 spiro atoms. The first-order valence-corrected chi connectivity index (χ1v) is 6.49. The number of aryl methyl sites for hydroxylation is 4. The zero-order valence-corrected chi connectivity index (χ0v) is 12.4. The number of anilines is 2. The van der Waals surface area contributed by atoms with Crippen molar-refractivity contribution in [1.29, 1.82) is 0 Å². The molecule has 0 bridgehead atoms. The summed E-state index contributed by atoms with van der Waals surface area (Å²) in [4.78, 5) is 0.360. The van der Waals surface area contributed by atoms with Gasteiger partial charge in [0.2, 0.25) is 0 Å². The third-order valence-corrected chi connectivity index (χ3v) is 3.40. The zero-order valence-electron chi connectivity index (χ0n) is 11.6. The van der Waals surface area contributed by atoms with Crippen molar-refractivity contribution < 1.29 is 0 Å². The normalized spacial score (nSPS) is 10.5. The quantitative estimate of drug-likeness (QED) is 0.845. The van der Waals surface area contributed by atoms with Crippen molar-refractivity contribution in [2.24, 2.45) is 12.8 Å². The van der Waals surface area contributed by atoms with Crippen LogP contribution in [0.3, 0.4) is 0 Å². The molecule has 0 aliphatic carbocycles. The Labute approximate surface area is 118 Å². The molecule has 1 aromatic carbocycles. The highest BCUT2D eigenvalue weighted by Crippen LogP contribution is 2.27. The van der Waals surface area contributed by atoms with Gasteiger partial charge in [0.25, 0.3) is 0 Å². The molecule has 2 rings (SSSR count). The maximum atomic E-state index is 5.80.